The van der Waals surface area contributed by atoms with Crippen LogP contribution in [-0.4, -0.2) is 53.1 Å². The quantitative estimate of drug-likeness (QED) is 0.184. The average Bonchev–Trinajstić information content (AvgIpc) is 2.46. The Bertz CT molecular complexity index is 337. The Labute approximate surface area is 134 Å². The first kappa shape index (κ1) is 31.0. The van der Waals surface area contributed by atoms with E-state index in [1.165, 1.54) is 0 Å². The second kappa shape index (κ2) is 17.4. The molecule has 15 heteroatoms. The molecule has 100 valence electrons. The number of cyclic esters (lactones) is 4. The summed E-state index contributed by atoms with van der Waals surface area (Å²) >= 11 is 0. The maximum Gasteiger partial charge on any atom is 1.00 e. The Hall–Kier alpha value is -1.63. The van der Waals surface area contributed by atoms with Crippen molar-refractivity contribution in [3.05, 3.63) is 0 Å². The van der Waals surface area contributed by atoms with Crippen LogP contribution in [0.3, 0.4) is 0 Å². The maximum absolute atomic E-state index is 9.87. The molecule has 12 nitrogen and oxygen atoms in total. The first-order chi connectivity index (χ1) is 7.76. The number of carboxylic acid groups (broad SMARTS) is 2. The molecule has 0 aromatic carbocycles. The Kier molecular flexibility index (Phi) is 26.9. The van der Waals surface area contributed by atoms with Crippen LogP contribution in [0.5, 0.6) is 0 Å². The molecular formula is C5H4BLi2O12+. The number of carbonyl (C=O) groups excluding carboxylic acids is 3. The fraction of sp³-hybridized carbons (Fsp3) is 0. The fourth-order valence-electron chi connectivity index (χ4n) is 0.256. The largest absolute Gasteiger partial charge is 1.00 e. The smallest absolute Gasteiger partial charge is 0.473 e. The molecule has 0 atom stereocenters. The van der Waals surface area contributed by atoms with Gasteiger partial charge in [-0.05, 0) is 0 Å². The van der Waals surface area contributed by atoms with E-state index in [0.717, 1.165) is 0 Å². The summed E-state index contributed by atoms with van der Waals surface area (Å²) in [7, 11) is -0.500. The first-order valence-electron chi connectivity index (χ1n) is 3.26. The number of rotatable bonds is 0. The second-order valence-electron chi connectivity index (χ2n) is 1.74. The van der Waals surface area contributed by atoms with Crippen molar-refractivity contribution in [2.45, 2.75) is 0 Å². The zero-order valence-electron chi connectivity index (χ0n) is 10.1. The third-order valence-corrected chi connectivity index (χ3v) is 0.702. The summed E-state index contributed by atoms with van der Waals surface area (Å²) < 4.78 is 15.5. The minimum atomic E-state index is -1.82. The number of hydrogen-bond acceptors (Lipinski definition) is 9. The molecule has 0 radical (unpaired) electrons. The predicted octanol–water partition coefficient (Wildman–Crippen LogP) is -10.1. The molecule has 1 rings (SSSR count). The van der Waals surface area contributed by atoms with Gasteiger partial charge in [0, 0.05) is 0 Å². The zero-order chi connectivity index (χ0) is 14.0. The van der Waals surface area contributed by atoms with Crippen LogP contribution in [0.4, 0.5) is 4.79 Å². The van der Waals surface area contributed by atoms with Crippen molar-refractivity contribution in [3.63, 3.8) is 0 Å². The molecule has 0 amide bonds. The molecule has 20 heavy (non-hydrogen) atoms. The van der Waals surface area contributed by atoms with Gasteiger partial charge in [-0.3, -0.25) is 0 Å². The van der Waals surface area contributed by atoms with Gasteiger partial charge in [0.15, 0.2) is 0 Å². The fourth-order valence-corrected chi connectivity index (χ4v) is 0.256. The van der Waals surface area contributed by atoms with E-state index in [1.54, 1.807) is 0 Å². The Morgan fingerprint density at radius 2 is 1.15 bits per heavy atom. The molecule has 0 saturated carbocycles. The molecule has 0 unspecified atom stereocenters. The minimum absolute atomic E-state index is 0. The summed E-state index contributed by atoms with van der Waals surface area (Å²) in [5.41, 5.74) is 0. The maximum atomic E-state index is 9.87. The van der Waals surface area contributed by atoms with E-state index in [9.17, 15) is 14.4 Å². The average molecular weight is 281 g/mol. The summed E-state index contributed by atoms with van der Waals surface area (Å²) in [6.45, 7) is 0. The molecule has 1 aliphatic heterocycles. The molecule has 1 aliphatic rings. The topological polar surface area (TPSA) is 216 Å². The molecule has 0 aliphatic carbocycles. The third kappa shape index (κ3) is 18.7. The van der Waals surface area contributed by atoms with Crippen LogP contribution in [0.1, 0.15) is 0 Å². The summed E-state index contributed by atoms with van der Waals surface area (Å²) in [4.78, 5) is 47.7. The van der Waals surface area contributed by atoms with Crippen molar-refractivity contribution in [2.75, 3.05) is 0 Å². The van der Waals surface area contributed by atoms with Gasteiger partial charge in [0.2, 0.25) is 0 Å². The van der Waals surface area contributed by atoms with E-state index in [2.05, 4.69) is 9.47 Å². The number of carbonyl (C=O) groups is 5. The molecular weight excluding hydrogens is 277 g/mol. The Morgan fingerprint density at radius 3 is 1.20 bits per heavy atom. The van der Waals surface area contributed by atoms with Gasteiger partial charge in [-0.25, -0.2) is 24.0 Å². The number of esters is 2. The van der Waals surface area contributed by atoms with Crippen LogP contribution < -0.4 is 42.7 Å². The van der Waals surface area contributed by atoms with Crippen molar-refractivity contribution < 1.29 is 96.6 Å². The molecule has 0 bridgehead atoms. The van der Waals surface area contributed by atoms with Gasteiger partial charge in [0.05, 0.1) is 0 Å². The van der Waals surface area contributed by atoms with Gasteiger partial charge in [-0.1, -0.05) is 0 Å². The van der Waals surface area contributed by atoms with Gasteiger partial charge in [0.1, 0.15) is 0 Å². The molecule has 4 N–H and O–H groups in total. The zero-order valence-corrected chi connectivity index (χ0v) is 10.1. The van der Waals surface area contributed by atoms with E-state index < -0.39 is 37.4 Å². The van der Waals surface area contributed by atoms with Crippen LogP contribution in [0.25, 0.3) is 0 Å². The summed E-state index contributed by atoms with van der Waals surface area (Å²) in [6, 6.07) is 0. The SMILES string of the molecule is O.O=B[O-].O=C(O)C(=O)O.O=C1OC(=O)C(=O)O1.[Li+].[Li+]. The van der Waals surface area contributed by atoms with Crippen molar-refractivity contribution >= 4 is 37.4 Å². The van der Waals surface area contributed by atoms with E-state index in [-0.39, 0.29) is 43.2 Å². The summed E-state index contributed by atoms with van der Waals surface area (Å²) in [5.74, 6) is -6.16. The van der Waals surface area contributed by atoms with Crippen LogP contribution in [-0.2, 0) is 33.4 Å². The van der Waals surface area contributed by atoms with Gasteiger partial charge in [-0.15, -0.1) is 0 Å². The predicted molar refractivity (Wildman–Crippen MR) is 42.9 cm³/mol. The van der Waals surface area contributed by atoms with E-state index >= 15 is 0 Å². The normalized spacial score (nSPS) is 9.90. The van der Waals surface area contributed by atoms with E-state index in [1.807, 2.05) is 0 Å². The standard InChI is InChI=1S/C3O5.C2H2O4.BO2.2Li.H2O/c4-1-2(5)8-3(6)7-1;3-1(4)2(5)6;2-1-3;;;/h;(H,3,4)(H,5,6);;;;1H2/q;;-1;2*+1;. The number of hydrogen-bond donors (Lipinski definition) is 2. The molecule has 0 aromatic rings. The molecule has 1 heterocycles. The van der Waals surface area contributed by atoms with Crippen LogP contribution in [0.2, 0.25) is 0 Å². The van der Waals surface area contributed by atoms with Gasteiger partial charge >= 0.3 is 84.8 Å². The summed E-state index contributed by atoms with van der Waals surface area (Å²) in [5, 5.41) is 23.0. The van der Waals surface area contributed by atoms with Gasteiger partial charge in [0.25, 0.3) is 0 Å². The van der Waals surface area contributed by atoms with E-state index in [0.29, 0.717) is 0 Å². The van der Waals surface area contributed by atoms with Crippen molar-refractivity contribution in [1.29, 1.82) is 0 Å². The van der Waals surface area contributed by atoms with Crippen LogP contribution >= 0.6 is 0 Å². The Balaban J connectivity index is -0.0000000571. The van der Waals surface area contributed by atoms with Gasteiger partial charge < -0.3 is 25.2 Å². The van der Waals surface area contributed by atoms with Gasteiger partial charge in [-0.2, -0.15) is 0 Å². The van der Waals surface area contributed by atoms with Crippen molar-refractivity contribution in [2.24, 2.45) is 0 Å². The van der Waals surface area contributed by atoms with Crippen molar-refractivity contribution in [1.82, 2.24) is 0 Å². The molecule has 1 saturated heterocycles. The second-order valence-corrected chi connectivity index (χ2v) is 1.74. The monoisotopic (exact) mass is 281 g/mol. The van der Waals surface area contributed by atoms with Crippen LogP contribution in [0.15, 0.2) is 0 Å². The Morgan fingerprint density at radius 1 is 0.950 bits per heavy atom. The molecule has 0 spiro atoms. The van der Waals surface area contributed by atoms with Crippen molar-refractivity contribution in [3.8, 4) is 0 Å². The van der Waals surface area contributed by atoms with Crippen LogP contribution in [0, 0.1) is 0 Å². The van der Waals surface area contributed by atoms with E-state index in [4.69, 9.17) is 29.5 Å². The third-order valence-electron chi connectivity index (χ3n) is 0.702. The molecule has 1 fully saturated rings. The molecule has 0 aromatic heterocycles. The first-order valence-corrected chi connectivity index (χ1v) is 3.26. The summed E-state index contributed by atoms with van der Waals surface area (Å²) in [6.07, 6.45) is -1.25. The number of aliphatic carboxylic acids is 2. The number of carboxylic acids is 2. The number of ether oxygens (including phenoxy) is 2. The minimum Gasteiger partial charge on any atom is -0.473 e.